The number of hydrazine groups is 1. The van der Waals surface area contributed by atoms with Gasteiger partial charge >= 0.3 is 0 Å². The van der Waals surface area contributed by atoms with Crippen molar-refractivity contribution in [3.63, 3.8) is 0 Å². The van der Waals surface area contributed by atoms with E-state index in [9.17, 15) is 0 Å². The van der Waals surface area contributed by atoms with Crippen molar-refractivity contribution < 1.29 is 0 Å². The van der Waals surface area contributed by atoms with E-state index in [4.69, 9.17) is 18.1 Å². The maximum Gasteiger partial charge on any atom is 0.180 e. The van der Waals surface area contributed by atoms with Crippen LogP contribution >= 0.6 is 12.2 Å². The van der Waals surface area contributed by atoms with Gasteiger partial charge in [0.15, 0.2) is 5.11 Å². The largest absolute Gasteiger partial charge is 0.357 e. The fourth-order valence-corrected chi connectivity index (χ4v) is 0.853. The standard InChI is InChI=1S/C6H11N5S/c1-4-5(3-9-11-4)2-8-6(12)10-7/h3H,2,7H2,1H3,(H,9,11)(H2,8,10,12). The van der Waals surface area contributed by atoms with Gasteiger partial charge in [-0.15, -0.1) is 0 Å². The second-order valence-corrected chi connectivity index (χ2v) is 2.76. The van der Waals surface area contributed by atoms with Gasteiger partial charge in [0.25, 0.3) is 0 Å². The minimum absolute atomic E-state index is 0.426. The van der Waals surface area contributed by atoms with E-state index in [1.54, 1.807) is 6.20 Å². The number of thiocarbonyl (C=S) groups is 1. The Balaban J connectivity index is 2.43. The number of hydrogen-bond acceptors (Lipinski definition) is 3. The highest BCUT2D eigenvalue weighted by Crippen LogP contribution is 2.00. The Morgan fingerprint density at radius 3 is 3.08 bits per heavy atom. The first kappa shape index (κ1) is 8.95. The van der Waals surface area contributed by atoms with Crippen LogP contribution in [0.15, 0.2) is 6.20 Å². The van der Waals surface area contributed by atoms with Crippen molar-refractivity contribution >= 4 is 17.3 Å². The highest BCUT2D eigenvalue weighted by Gasteiger charge is 1.99. The van der Waals surface area contributed by atoms with Gasteiger partial charge in [-0.05, 0) is 19.1 Å². The molecule has 0 saturated heterocycles. The molecule has 0 radical (unpaired) electrons. The molecule has 0 bridgehead atoms. The van der Waals surface area contributed by atoms with Crippen LogP contribution in [0.25, 0.3) is 0 Å². The van der Waals surface area contributed by atoms with Crippen molar-refractivity contribution in [1.29, 1.82) is 0 Å². The summed E-state index contributed by atoms with van der Waals surface area (Å²) in [6.45, 7) is 2.58. The molecule has 1 aromatic heterocycles. The zero-order valence-corrected chi connectivity index (χ0v) is 7.53. The van der Waals surface area contributed by atoms with E-state index in [-0.39, 0.29) is 0 Å². The van der Waals surface area contributed by atoms with E-state index >= 15 is 0 Å². The first-order chi connectivity index (χ1) is 5.74. The van der Waals surface area contributed by atoms with Crippen LogP contribution < -0.4 is 16.6 Å². The third kappa shape index (κ3) is 2.18. The van der Waals surface area contributed by atoms with Gasteiger partial charge in [0.05, 0.1) is 6.20 Å². The summed E-state index contributed by atoms with van der Waals surface area (Å²) in [6.07, 6.45) is 1.75. The summed E-state index contributed by atoms with van der Waals surface area (Å²) in [6, 6.07) is 0. The van der Waals surface area contributed by atoms with Crippen LogP contribution in [0.1, 0.15) is 11.3 Å². The predicted molar refractivity (Wildman–Crippen MR) is 50.1 cm³/mol. The fourth-order valence-electron chi connectivity index (χ4n) is 0.780. The zero-order valence-electron chi connectivity index (χ0n) is 6.72. The number of aromatic amines is 1. The van der Waals surface area contributed by atoms with E-state index in [0.29, 0.717) is 11.7 Å². The number of nitrogens with zero attached hydrogens (tertiary/aromatic N) is 1. The van der Waals surface area contributed by atoms with Gasteiger partial charge in [0.1, 0.15) is 0 Å². The van der Waals surface area contributed by atoms with Crippen molar-refractivity contribution in [2.24, 2.45) is 5.84 Å². The topological polar surface area (TPSA) is 78.8 Å². The molecule has 1 heterocycles. The van der Waals surface area contributed by atoms with E-state index in [1.807, 2.05) is 6.92 Å². The quantitative estimate of drug-likeness (QED) is 0.285. The molecule has 1 aromatic rings. The van der Waals surface area contributed by atoms with Crippen molar-refractivity contribution in [3.8, 4) is 0 Å². The summed E-state index contributed by atoms with van der Waals surface area (Å²) in [5.74, 6) is 5.07. The number of rotatable bonds is 2. The van der Waals surface area contributed by atoms with Crippen LogP contribution in [-0.4, -0.2) is 15.3 Å². The molecule has 0 unspecified atom stereocenters. The molecule has 0 amide bonds. The van der Waals surface area contributed by atoms with Gasteiger partial charge < -0.3 is 10.7 Å². The maximum absolute atomic E-state index is 5.07. The van der Waals surface area contributed by atoms with Crippen LogP contribution in [0.5, 0.6) is 0 Å². The monoisotopic (exact) mass is 185 g/mol. The number of nitrogens with one attached hydrogen (secondary N) is 3. The van der Waals surface area contributed by atoms with Gasteiger partial charge in [-0.2, -0.15) is 5.10 Å². The Morgan fingerprint density at radius 1 is 1.83 bits per heavy atom. The van der Waals surface area contributed by atoms with Gasteiger partial charge in [-0.25, -0.2) is 5.84 Å². The second-order valence-electron chi connectivity index (χ2n) is 2.35. The molecule has 0 aliphatic carbocycles. The smallest absolute Gasteiger partial charge is 0.180 e. The van der Waals surface area contributed by atoms with Crippen LogP contribution in [0, 0.1) is 6.92 Å². The van der Waals surface area contributed by atoms with Crippen molar-refractivity contribution in [3.05, 3.63) is 17.5 Å². The molecular formula is C6H11N5S. The summed E-state index contributed by atoms with van der Waals surface area (Å²) in [4.78, 5) is 0. The molecule has 0 spiro atoms. The third-order valence-electron chi connectivity index (χ3n) is 1.50. The average Bonchev–Trinajstić information content (AvgIpc) is 2.47. The fraction of sp³-hybridized carbons (Fsp3) is 0.333. The molecule has 6 heteroatoms. The first-order valence-electron chi connectivity index (χ1n) is 3.47. The summed E-state index contributed by atoms with van der Waals surface area (Å²) in [7, 11) is 0. The molecule has 12 heavy (non-hydrogen) atoms. The molecule has 1 rings (SSSR count). The normalized spacial score (nSPS) is 9.50. The Hall–Kier alpha value is -1.14. The Kier molecular flexibility index (Phi) is 3.01. The highest BCUT2D eigenvalue weighted by molar-refractivity contribution is 7.80. The van der Waals surface area contributed by atoms with Gasteiger partial charge in [0, 0.05) is 17.8 Å². The number of nitrogens with two attached hydrogens (primary N) is 1. The van der Waals surface area contributed by atoms with Crippen LogP contribution in [0.4, 0.5) is 0 Å². The molecule has 0 atom stereocenters. The Labute approximate surface area is 75.7 Å². The summed E-state index contributed by atoms with van der Waals surface area (Å²) in [5, 5.41) is 10.0. The van der Waals surface area contributed by atoms with Crippen molar-refractivity contribution in [2.45, 2.75) is 13.5 Å². The predicted octanol–water partition coefficient (Wildman–Crippen LogP) is -0.444. The maximum atomic E-state index is 5.07. The lowest BCUT2D eigenvalue weighted by Gasteiger charge is -2.04. The van der Waals surface area contributed by atoms with Gasteiger partial charge in [-0.3, -0.25) is 5.10 Å². The van der Waals surface area contributed by atoms with Gasteiger partial charge in [-0.1, -0.05) is 0 Å². The molecule has 0 aliphatic rings. The lowest BCUT2D eigenvalue weighted by atomic mass is 10.3. The molecule has 66 valence electrons. The molecule has 0 aliphatic heterocycles. The number of hydrogen-bond donors (Lipinski definition) is 4. The molecule has 0 aromatic carbocycles. The molecule has 0 saturated carbocycles. The summed E-state index contributed by atoms with van der Waals surface area (Å²) in [5.41, 5.74) is 4.44. The van der Waals surface area contributed by atoms with Gasteiger partial charge in [0.2, 0.25) is 0 Å². The molecule has 5 nitrogen and oxygen atoms in total. The third-order valence-corrected chi connectivity index (χ3v) is 1.77. The van der Waals surface area contributed by atoms with E-state index < -0.39 is 0 Å². The number of aryl methyl sites for hydroxylation is 1. The number of H-pyrrole nitrogens is 1. The van der Waals surface area contributed by atoms with Crippen LogP contribution in [0.2, 0.25) is 0 Å². The number of aromatic nitrogens is 2. The summed E-state index contributed by atoms with van der Waals surface area (Å²) < 4.78 is 0. The van der Waals surface area contributed by atoms with E-state index in [1.165, 1.54) is 0 Å². The minimum Gasteiger partial charge on any atom is -0.357 e. The lowest BCUT2D eigenvalue weighted by Crippen LogP contribution is -2.39. The SMILES string of the molecule is Cc1[nH]ncc1CNC(=S)NN. The zero-order chi connectivity index (χ0) is 8.97. The van der Waals surface area contributed by atoms with E-state index in [0.717, 1.165) is 11.3 Å². The van der Waals surface area contributed by atoms with Crippen molar-refractivity contribution in [2.75, 3.05) is 0 Å². The van der Waals surface area contributed by atoms with Crippen molar-refractivity contribution in [1.82, 2.24) is 20.9 Å². The average molecular weight is 185 g/mol. The molecular weight excluding hydrogens is 174 g/mol. The minimum atomic E-state index is 0.426. The van der Waals surface area contributed by atoms with Crippen LogP contribution in [-0.2, 0) is 6.54 Å². The molecule has 5 N–H and O–H groups in total. The second kappa shape index (κ2) is 4.03. The summed E-state index contributed by atoms with van der Waals surface area (Å²) >= 11 is 4.79. The first-order valence-corrected chi connectivity index (χ1v) is 3.88. The van der Waals surface area contributed by atoms with E-state index in [2.05, 4.69) is 20.9 Å². The van der Waals surface area contributed by atoms with Crippen LogP contribution in [0.3, 0.4) is 0 Å². The Bertz CT molecular complexity index is 269. The lowest BCUT2D eigenvalue weighted by molar-refractivity contribution is 0.861. The highest BCUT2D eigenvalue weighted by atomic mass is 32.1. The molecule has 0 fully saturated rings. The Morgan fingerprint density at radius 2 is 2.58 bits per heavy atom.